The van der Waals surface area contributed by atoms with Gasteiger partial charge in [0, 0.05) is 0 Å². The van der Waals surface area contributed by atoms with Crippen LogP contribution in [0.1, 0.15) is 56.9 Å². The third kappa shape index (κ3) is 5.55. The minimum absolute atomic E-state index is 1.10. The molecule has 10 rings (SSSR count). The lowest BCUT2D eigenvalue weighted by atomic mass is 9.82. The topological polar surface area (TPSA) is 0 Å². The van der Waals surface area contributed by atoms with Crippen LogP contribution in [0.25, 0.3) is 55.7 Å². The lowest BCUT2D eigenvalue weighted by Gasteiger charge is -2.23. The van der Waals surface area contributed by atoms with Crippen LogP contribution in [-0.2, 0) is 0 Å². The van der Waals surface area contributed by atoms with Crippen molar-refractivity contribution in [1.29, 1.82) is 0 Å². The summed E-state index contributed by atoms with van der Waals surface area (Å²) < 4.78 is 0. The third-order valence-electron chi connectivity index (χ3n) is 11.8. The smallest absolute Gasteiger partial charge is 0.00639 e. The molecule has 0 N–H and O–H groups in total. The van der Waals surface area contributed by atoms with Crippen LogP contribution in [0.5, 0.6) is 0 Å². The van der Waals surface area contributed by atoms with Crippen molar-refractivity contribution in [3.05, 3.63) is 202 Å². The Morgan fingerprint density at radius 2 is 1.00 bits per heavy atom. The van der Waals surface area contributed by atoms with E-state index in [2.05, 4.69) is 158 Å². The highest BCUT2D eigenvalue weighted by molar-refractivity contribution is 5.94. The minimum atomic E-state index is 1.10. The van der Waals surface area contributed by atoms with Gasteiger partial charge >= 0.3 is 0 Å². The normalized spacial score (nSPS) is 17.4. The van der Waals surface area contributed by atoms with Gasteiger partial charge in [-0.1, -0.05) is 140 Å². The zero-order valence-corrected chi connectivity index (χ0v) is 29.7. The maximum atomic E-state index is 2.53. The van der Waals surface area contributed by atoms with Gasteiger partial charge in [-0.25, -0.2) is 0 Å². The second-order valence-corrected chi connectivity index (χ2v) is 14.9. The highest BCUT2D eigenvalue weighted by Gasteiger charge is 2.26. The van der Waals surface area contributed by atoms with Crippen molar-refractivity contribution in [3.8, 4) is 44.5 Å². The quantitative estimate of drug-likeness (QED) is 0.169. The summed E-state index contributed by atoms with van der Waals surface area (Å²) in [5.74, 6) is 0. The van der Waals surface area contributed by atoms with E-state index in [0.717, 1.165) is 44.9 Å². The molecular formula is C52H42. The van der Waals surface area contributed by atoms with Gasteiger partial charge in [0.25, 0.3) is 0 Å². The van der Waals surface area contributed by atoms with Crippen LogP contribution in [0.3, 0.4) is 0 Å². The number of allylic oxidation sites excluding steroid dienone is 12. The molecule has 0 saturated carbocycles. The molecule has 0 amide bonds. The number of fused-ring (bicyclic) bond motifs is 3. The fourth-order valence-corrected chi connectivity index (χ4v) is 9.23. The van der Waals surface area contributed by atoms with Crippen molar-refractivity contribution in [3.63, 3.8) is 0 Å². The van der Waals surface area contributed by atoms with Gasteiger partial charge in [-0.15, -0.1) is 0 Å². The van der Waals surface area contributed by atoms with E-state index in [9.17, 15) is 0 Å². The summed E-state index contributed by atoms with van der Waals surface area (Å²) in [6, 6.07) is 42.9. The van der Waals surface area contributed by atoms with Crippen molar-refractivity contribution in [1.82, 2.24) is 0 Å². The first kappa shape index (κ1) is 31.1. The molecule has 0 heteroatoms. The SMILES string of the molecule is C1=CCCC(C2=CC(C3=CCCC(C4=c5cccc6c5=C(CC4)c4ccc(-c5cccc(-c7cccc(-c8ccccc8)c7)c5)cc4-6)=C3)=CCC2)=C1. The Morgan fingerprint density at radius 1 is 0.385 bits per heavy atom. The Morgan fingerprint density at radius 3 is 1.73 bits per heavy atom. The summed E-state index contributed by atoms with van der Waals surface area (Å²) >= 11 is 0. The molecule has 5 aromatic carbocycles. The molecular weight excluding hydrogens is 625 g/mol. The Hall–Kier alpha value is -5.72. The molecule has 0 radical (unpaired) electrons. The molecule has 250 valence electrons. The summed E-state index contributed by atoms with van der Waals surface area (Å²) in [5.41, 5.74) is 22.3. The molecule has 0 bridgehead atoms. The van der Waals surface area contributed by atoms with E-state index in [1.54, 1.807) is 5.57 Å². The molecule has 5 aliphatic rings. The van der Waals surface area contributed by atoms with E-state index in [0.29, 0.717) is 0 Å². The molecule has 52 heavy (non-hydrogen) atoms. The van der Waals surface area contributed by atoms with Crippen molar-refractivity contribution >= 4 is 11.1 Å². The van der Waals surface area contributed by atoms with Gasteiger partial charge < -0.3 is 0 Å². The van der Waals surface area contributed by atoms with Crippen LogP contribution in [0, 0.1) is 0 Å². The molecule has 5 aromatic rings. The van der Waals surface area contributed by atoms with Gasteiger partial charge in [-0.05, 0) is 169 Å². The number of benzene rings is 5. The Bertz CT molecular complexity index is 2590. The van der Waals surface area contributed by atoms with Crippen molar-refractivity contribution in [2.45, 2.75) is 51.4 Å². The van der Waals surface area contributed by atoms with E-state index in [-0.39, 0.29) is 0 Å². The molecule has 5 aliphatic carbocycles. The van der Waals surface area contributed by atoms with E-state index in [1.807, 2.05) is 0 Å². The monoisotopic (exact) mass is 666 g/mol. The molecule has 0 unspecified atom stereocenters. The van der Waals surface area contributed by atoms with Gasteiger partial charge in [0.2, 0.25) is 0 Å². The van der Waals surface area contributed by atoms with Crippen molar-refractivity contribution < 1.29 is 0 Å². The van der Waals surface area contributed by atoms with Crippen molar-refractivity contribution in [2.24, 2.45) is 0 Å². The first-order valence-corrected chi connectivity index (χ1v) is 19.2. The van der Waals surface area contributed by atoms with Gasteiger partial charge in [0.1, 0.15) is 0 Å². The average Bonchev–Trinajstić information content (AvgIpc) is 3.56. The highest BCUT2D eigenvalue weighted by Crippen LogP contribution is 2.41. The van der Waals surface area contributed by atoms with Crippen molar-refractivity contribution in [2.75, 3.05) is 0 Å². The lowest BCUT2D eigenvalue weighted by Crippen LogP contribution is -2.32. The molecule has 0 atom stereocenters. The minimum Gasteiger partial charge on any atom is -0.0842 e. The Kier molecular flexibility index (Phi) is 7.83. The fourth-order valence-electron chi connectivity index (χ4n) is 9.23. The van der Waals surface area contributed by atoms with Crippen LogP contribution in [0.4, 0.5) is 0 Å². The van der Waals surface area contributed by atoms with Crippen LogP contribution in [0.15, 0.2) is 186 Å². The van der Waals surface area contributed by atoms with Crippen LogP contribution >= 0.6 is 0 Å². The zero-order chi connectivity index (χ0) is 34.4. The summed E-state index contributed by atoms with van der Waals surface area (Å²) in [4.78, 5) is 0. The molecule has 0 heterocycles. The summed E-state index contributed by atoms with van der Waals surface area (Å²) in [6.07, 6.45) is 25.9. The predicted octanol–water partition coefficient (Wildman–Crippen LogP) is 12.4. The zero-order valence-electron chi connectivity index (χ0n) is 29.7. The van der Waals surface area contributed by atoms with Crippen LogP contribution < -0.4 is 10.4 Å². The summed E-state index contributed by atoms with van der Waals surface area (Å²) in [7, 11) is 0. The molecule has 0 aromatic heterocycles. The molecule has 0 aliphatic heterocycles. The molecule has 0 fully saturated rings. The lowest BCUT2D eigenvalue weighted by molar-refractivity contribution is 0.889. The maximum absolute atomic E-state index is 2.53. The second-order valence-electron chi connectivity index (χ2n) is 14.9. The van der Waals surface area contributed by atoms with Crippen LogP contribution in [0.2, 0.25) is 0 Å². The predicted molar refractivity (Wildman–Crippen MR) is 220 cm³/mol. The van der Waals surface area contributed by atoms with E-state index in [4.69, 9.17) is 0 Å². The first-order valence-electron chi connectivity index (χ1n) is 19.2. The van der Waals surface area contributed by atoms with Gasteiger partial charge in [0.15, 0.2) is 0 Å². The average molecular weight is 667 g/mol. The van der Waals surface area contributed by atoms with E-state index < -0.39 is 0 Å². The Labute approximate surface area is 307 Å². The van der Waals surface area contributed by atoms with E-state index in [1.165, 1.54) is 100 Å². The van der Waals surface area contributed by atoms with Crippen LogP contribution in [-0.4, -0.2) is 0 Å². The van der Waals surface area contributed by atoms with E-state index >= 15 is 0 Å². The Balaban J connectivity index is 0.991. The van der Waals surface area contributed by atoms with Gasteiger partial charge in [-0.2, -0.15) is 0 Å². The molecule has 0 spiro atoms. The fraction of sp³-hybridized carbons (Fsp3) is 0.154. The maximum Gasteiger partial charge on any atom is -0.00639 e. The number of rotatable bonds is 6. The largest absolute Gasteiger partial charge is 0.0842 e. The highest BCUT2D eigenvalue weighted by atomic mass is 14.3. The van der Waals surface area contributed by atoms with Gasteiger partial charge in [0.05, 0.1) is 0 Å². The molecule has 0 saturated heterocycles. The van der Waals surface area contributed by atoms with Gasteiger partial charge in [-0.3, -0.25) is 0 Å². The standard InChI is InChI=1S/C52H42/c1-3-12-35(13-4-1)37-16-7-18-39(30-37)41-20-9-21-42(32-41)44-26-27-47-50-29-28-46(48-24-11-25-49(52(48)50)51(47)34-44)45-23-10-22-43(33-45)40-19-8-17-38(31-40)36-14-5-2-6-15-36/h1-5,7,9,11-14,16,18-22,24-27,30-34H,6,8,10,15,17,23,28-29H2. The number of hydrogen-bond acceptors (Lipinski definition) is 0. The third-order valence-corrected chi connectivity index (χ3v) is 11.8. The summed E-state index contributed by atoms with van der Waals surface area (Å²) in [6.45, 7) is 0. The first-order chi connectivity index (χ1) is 25.8. The number of hydrogen-bond donors (Lipinski definition) is 0. The second kappa shape index (κ2) is 13.1. The molecule has 0 nitrogen and oxygen atoms in total. The summed E-state index contributed by atoms with van der Waals surface area (Å²) in [5, 5.41) is 2.94.